The van der Waals surface area contributed by atoms with Gasteiger partial charge >= 0.3 is 11.9 Å². The summed E-state index contributed by atoms with van der Waals surface area (Å²) in [6.45, 7) is 0. The van der Waals surface area contributed by atoms with Gasteiger partial charge in [0.05, 0.1) is 12.8 Å². The topological polar surface area (TPSA) is 86.6 Å². The average molecular weight is 494 g/mol. The number of benzene rings is 3. The second-order valence-corrected chi connectivity index (χ2v) is 8.80. The Morgan fingerprint density at radius 2 is 1.09 bits per heavy atom. The Hall–Kier alpha value is -3.54. The minimum atomic E-state index is -1.01. The molecule has 7 heteroatoms. The SMILES string of the molecule is O=C(O)CC1=C(c2ccc(Cl)cc2)NC(c2ccc(Cl)cc2)=C(CC(=O)O)C1c1ccccc1. The lowest BCUT2D eigenvalue weighted by Crippen LogP contribution is -2.27. The van der Waals surface area contributed by atoms with Crippen molar-refractivity contribution in [2.75, 3.05) is 0 Å². The lowest BCUT2D eigenvalue weighted by Gasteiger charge is -2.34. The molecule has 0 unspecified atom stereocenters. The van der Waals surface area contributed by atoms with Crippen LogP contribution in [0.3, 0.4) is 0 Å². The summed E-state index contributed by atoms with van der Waals surface area (Å²) in [5.74, 6) is -2.56. The van der Waals surface area contributed by atoms with E-state index in [0.717, 1.165) is 16.7 Å². The summed E-state index contributed by atoms with van der Waals surface area (Å²) in [6, 6.07) is 23.6. The molecule has 0 aromatic heterocycles. The van der Waals surface area contributed by atoms with Gasteiger partial charge in [0.25, 0.3) is 0 Å². The third-order valence-electron chi connectivity index (χ3n) is 5.67. The Balaban J connectivity index is 2.02. The number of hydrogen-bond acceptors (Lipinski definition) is 3. The zero-order valence-electron chi connectivity index (χ0n) is 18.0. The first kappa shape index (κ1) is 23.6. The van der Waals surface area contributed by atoms with E-state index in [9.17, 15) is 19.8 Å². The molecule has 3 aromatic carbocycles. The van der Waals surface area contributed by atoms with Crippen LogP contribution in [-0.2, 0) is 9.59 Å². The second-order valence-electron chi connectivity index (χ2n) is 7.92. The number of carboxylic acids is 2. The van der Waals surface area contributed by atoms with Crippen molar-refractivity contribution in [3.05, 3.63) is 117 Å². The van der Waals surface area contributed by atoms with E-state index in [-0.39, 0.29) is 12.8 Å². The molecule has 0 bridgehead atoms. The molecule has 0 saturated carbocycles. The smallest absolute Gasteiger partial charge is 0.307 e. The molecule has 0 aliphatic carbocycles. The summed E-state index contributed by atoms with van der Waals surface area (Å²) in [5.41, 5.74) is 4.71. The molecule has 1 aliphatic heterocycles. The Kier molecular flexibility index (Phi) is 7.06. The standard InChI is InChI=1S/C27H21Cl2NO4/c28-19-10-6-17(7-11-19)26-21(14-23(31)32)25(16-4-2-1-3-5-16)22(15-24(33)34)27(30-26)18-8-12-20(29)13-9-18/h1-13,25,30H,14-15H2,(H,31,32)(H,33,34). The summed E-state index contributed by atoms with van der Waals surface area (Å²) in [6.07, 6.45) is -0.525. The second kappa shape index (κ2) is 10.2. The van der Waals surface area contributed by atoms with Crippen LogP contribution in [-0.4, -0.2) is 22.2 Å². The minimum Gasteiger partial charge on any atom is -0.481 e. The van der Waals surface area contributed by atoms with Gasteiger partial charge in [-0.3, -0.25) is 9.59 Å². The first-order valence-electron chi connectivity index (χ1n) is 10.6. The summed E-state index contributed by atoms with van der Waals surface area (Å²) in [4.78, 5) is 23.9. The van der Waals surface area contributed by atoms with Gasteiger partial charge in [-0.2, -0.15) is 0 Å². The van der Waals surface area contributed by atoms with Crippen molar-refractivity contribution in [3.63, 3.8) is 0 Å². The first-order chi connectivity index (χ1) is 16.3. The molecule has 34 heavy (non-hydrogen) atoms. The largest absolute Gasteiger partial charge is 0.481 e. The number of carbonyl (C=O) groups is 2. The lowest BCUT2D eigenvalue weighted by atomic mass is 9.76. The number of hydrogen-bond donors (Lipinski definition) is 3. The van der Waals surface area contributed by atoms with Crippen molar-refractivity contribution in [3.8, 4) is 0 Å². The highest BCUT2D eigenvalue weighted by Gasteiger charge is 2.34. The van der Waals surface area contributed by atoms with E-state index >= 15 is 0 Å². The van der Waals surface area contributed by atoms with E-state index in [0.29, 0.717) is 32.6 Å². The molecule has 0 atom stereocenters. The van der Waals surface area contributed by atoms with Crippen LogP contribution in [0.5, 0.6) is 0 Å². The van der Waals surface area contributed by atoms with Gasteiger partial charge in [-0.05, 0) is 52.1 Å². The van der Waals surface area contributed by atoms with Gasteiger partial charge in [0.1, 0.15) is 0 Å². The van der Waals surface area contributed by atoms with Crippen LogP contribution >= 0.6 is 23.2 Å². The lowest BCUT2D eigenvalue weighted by molar-refractivity contribution is -0.137. The van der Waals surface area contributed by atoms with Crippen LogP contribution in [0.4, 0.5) is 0 Å². The summed E-state index contributed by atoms with van der Waals surface area (Å²) in [7, 11) is 0. The number of dihydropyridines is 1. The number of rotatable bonds is 7. The summed E-state index contributed by atoms with van der Waals surface area (Å²) < 4.78 is 0. The third kappa shape index (κ3) is 5.16. The van der Waals surface area contributed by atoms with Crippen molar-refractivity contribution in [2.24, 2.45) is 0 Å². The number of halogens is 2. The van der Waals surface area contributed by atoms with E-state index in [1.54, 1.807) is 24.3 Å². The predicted molar refractivity (Wildman–Crippen MR) is 134 cm³/mol. The van der Waals surface area contributed by atoms with E-state index in [1.165, 1.54) is 0 Å². The molecule has 0 radical (unpaired) electrons. The monoisotopic (exact) mass is 493 g/mol. The highest BCUT2D eigenvalue weighted by atomic mass is 35.5. The molecule has 1 heterocycles. The van der Waals surface area contributed by atoms with Crippen LogP contribution in [0, 0.1) is 0 Å². The first-order valence-corrected chi connectivity index (χ1v) is 11.3. The predicted octanol–water partition coefficient (Wildman–Crippen LogP) is 6.45. The Morgan fingerprint density at radius 1 is 0.676 bits per heavy atom. The molecule has 4 rings (SSSR count). The maximum atomic E-state index is 12.0. The Labute approximate surface area is 207 Å². The van der Waals surface area contributed by atoms with Crippen molar-refractivity contribution in [1.29, 1.82) is 0 Å². The highest BCUT2D eigenvalue weighted by Crippen LogP contribution is 2.45. The highest BCUT2D eigenvalue weighted by molar-refractivity contribution is 6.30. The van der Waals surface area contributed by atoms with Crippen LogP contribution in [0.15, 0.2) is 90.0 Å². The quantitative estimate of drug-likeness (QED) is 0.351. The molecule has 1 aliphatic rings. The maximum absolute atomic E-state index is 12.0. The van der Waals surface area contributed by atoms with Gasteiger partial charge in [-0.25, -0.2) is 0 Å². The zero-order chi connectivity index (χ0) is 24.2. The van der Waals surface area contributed by atoms with Gasteiger partial charge < -0.3 is 15.5 Å². The average Bonchev–Trinajstić information content (AvgIpc) is 2.81. The van der Waals surface area contributed by atoms with Gasteiger partial charge in [0, 0.05) is 27.4 Å². The molecule has 0 saturated heterocycles. The fourth-order valence-corrected chi connectivity index (χ4v) is 4.54. The Morgan fingerprint density at radius 3 is 1.47 bits per heavy atom. The van der Waals surface area contributed by atoms with Gasteiger partial charge in [0.15, 0.2) is 0 Å². The van der Waals surface area contributed by atoms with E-state index in [2.05, 4.69) is 5.32 Å². The van der Waals surface area contributed by atoms with Gasteiger partial charge in [-0.1, -0.05) is 77.8 Å². The molecular formula is C27H21Cl2NO4. The molecule has 5 nitrogen and oxygen atoms in total. The molecule has 3 N–H and O–H groups in total. The van der Waals surface area contributed by atoms with E-state index in [1.807, 2.05) is 54.6 Å². The molecule has 3 aromatic rings. The molecule has 172 valence electrons. The van der Waals surface area contributed by atoms with Crippen molar-refractivity contribution >= 4 is 46.5 Å². The van der Waals surface area contributed by atoms with Crippen LogP contribution in [0.25, 0.3) is 11.4 Å². The third-order valence-corrected chi connectivity index (χ3v) is 6.18. The van der Waals surface area contributed by atoms with Crippen LogP contribution in [0.1, 0.15) is 35.4 Å². The molecular weight excluding hydrogens is 473 g/mol. The fourth-order valence-electron chi connectivity index (χ4n) is 4.29. The molecule has 0 spiro atoms. The summed E-state index contributed by atoms with van der Waals surface area (Å²) >= 11 is 12.2. The number of nitrogens with one attached hydrogen (secondary N) is 1. The number of aliphatic carboxylic acids is 2. The van der Waals surface area contributed by atoms with Crippen molar-refractivity contribution in [1.82, 2.24) is 5.32 Å². The Bertz CT molecular complexity index is 1200. The minimum absolute atomic E-state index is 0.262. The zero-order valence-corrected chi connectivity index (χ0v) is 19.5. The molecule has 0 fully saturated rings. The molecule has 0 amide bonds. The van der Waals surface area contributed by atoms with Gasteiger partial charge in [-0.15, -0.1) is 0 Å². The van der Waals surface area contributed by atoms with E-state index < -0.39 is 17.9 Å². The normalized spacial score (nSPS) is 14.2. The summed E-state index contributed by atoms with van der Waals surface area (Å²) in [5, 5.41) is 24.1. The number of carboxylic acid groups (broad SMARTS) is 2. The van der Waals surface area contributed by atoms with Gasteiger partial charge in [0.2, 0.25) is 0 Å². The van der Waals surface area contributed by atoms with Crippen LogP contribution in [0.2, 0.25) is 10.0 Å². The van der Waals surface area contributed by atoms with Crippen molar-refractivity contribution in [2.45, 2.75) is 18.8 Å². The maximum Gasteiger partial charge on any atom is 0.307 e. The van der Waals surface area contributed by atoms with Crippen LogP contribution < -0.4 is 5.32 Å². The van der Waals surface area contributed by atoms with E-state index in [4.69, 9.17) is 23.2 Å². The fraction of sp³-hybridized carbons (Fsp3) is 0.111. The van der Waals surface area contributed by atoms with Crippen molar-refractivity contribution < 1.29 is 19.8 Å².